The lowest BCUT2D eigenvalue weighted by atomic mass is 9.79. The number of carbonyl (C=O) groups excluding carboxylic acids is 2. The van der Waals surface area contributed by atoms with Crippen LogP contribution in [0.4, 0.5) is 0 Å². The van der Waals surface area contributed by atoms with Crippen LogP contribution in [0.1, 0.15) is 25.7 Å². The third kappa shape index (κ3) is 4.22. The van der Waals surface area contributed by atoms with E-state index in [4.69, 9.17) is 9.47 Å². The van der Waals surface area contributed by atoms with E-state index < -0.39 is 11.8 Å². The molecule has 1 fully saturated rings. The van der Waals surface area contributed by atoms with Crippen molar-refractivity contribution in [1.29, 1.82) is 0 Å². The molecule has 1 aliphatic rings. The lowest BCUT2D eigenvalue weighted by Crippen LogP contribution is -2.37. The van der Waals surface area contributed by atoms with E-state index in [1.165, 1.54) is 0 Å². The number of esters is 2. The first-order valence-corrected chi connectivity index (χ1v) is 11.1. The van der Waals surface area contributed by atoms with E-state index in [2.05, 4.69) is 0 Å². The average molecular weight is 424 g/mol. The molecule has 0 aromatic heterocycles. The van der Waals surface area contributed by atoms with Crippen molar-refractivity contribution in [2.75, 3.05) is 0 Å². The topological polar surface area (TPSA) is 52.6 Å². The van der Waals surface area contributed by atoms with Crippen LogP contribution in [0, 0.1) is 11.8 Å². The van der Waals surface area contributed by atoms with Crippen LogP contribution >= 0.6 is 0 Å². The maximum atomic E-state index is 13.0. The van der Waals surface area contributed by atoms with Gasteiger partial charge in [0.2, 0.25) is 0 Å². The van der Waals surface area contributed by atoms with Crippen LogP contribution in [0.25, 0.3) is 21.5 Å². The van der Waals surface area contributed by atoms with Crippen molar-refractivity contribution in [3.05, 3.63) is 84.9 Å². The Hall–Kier alpha value is -3.66. The zero-order valence-electron chi connectivity index (χ0n) is 17.7. The monoisotopic (exact) mass is 424 g/mol. The summed E-state index contributed by atoms with van der Waals surface area (Å²) in [6.45, 7) is 0. The fourth-order valence-electron chi connectivity index (χ4n) is 4.54. The largest absolute Gasteiger partial charge is 0.426 e. The van der Waals surface area contributed by atoms with Crippen molar-refractivity contribution in [1.82, 2.24) is 0 Å². The van der Waals surface area contributed by atoms with Crippen molar-refractivity contribution in [3.8, 4) is 11.5 Å². The second-order valence-corrected chi connectivity index (χ2v) is 8.36. The number of hydrogen-bond acceptors (Lipinski definition) is 4. The Labute approximate surface area is 186 Å². The second-order valence-electron chi connectivity index (χ2n) is 8.36. The standard InChI is InChI=1S/C28H24O4/c29-27(31-23-15-13-19-7-1-3-9-21(19)17-23)25-11-5-6-12-26(25)28(30)32-24-16-14-20-8-2-4-10-22(20)18-24/h1-4,7-10,13-18,25-26H,5-6,11-12H2/t25-,26-/m1/s1. The van der Waals surface area contributed by atoms with Gasteiger partial charge in [0.1, 0.15) is 11.5 Å². The third-order valence-corrected chi connectivity index (χ3v) is 6.25. The molecule has 160 valence electrons. The SMILES string of the molecule is O=C(Oc1ccc2ccccc2c1)[C@@H]1CCCC[C@H]1C(=O)Oc1ccc2ccccc2c1. The molecule has 0 spiro atoms. The highest BCUT2D eigenvalue weighted by molar-refractivity contribution is 5.88. The molecule has 1 aliphatic carbocycles. The molecule has 0 aliphatic heterocycles. The van der Waals surface area contributed by atoms with Gasteiger partial charge in [-0.05, 0) is 58.7 Å². The maximum absolute atomic E-state index is 13.0. The zero-order valence-corrected chi connectivity index (χ0v) is 17.7. The van der Waals surface area contributed by atoms with Gasteiger partial charge in [-0.3, -0.25) is 9.59 Å². The molecule has 0 unspecified atom stereocenters. The predicted octanol–water partition coefficient (Wildman–Crippen LogP) is 6.31. The summed E-state index contributed by atoms with van der Waals surface area (Å²) in [4.78, 5) is 26.0. The van der Waals surface area contributed by atoms with Crippen molar-refractivity contribution in [3.63, 3.8) is 0 Å². The third-order valence-electron chi connectivity index (χ3n) is 6.25. The van der Waals surface area contributed by atoms with E-state index in [1.54, 1.807) is 12.1 Å². The number of rotatable bonds is 4. The van der Waals surface area contributed by atoms with Gasteiger partial charge in [0.05, 0.1) is 11.8 Å². The normalized spacial score (nSPS) is 18.4. The van der Waals surface area contributed by atoms with Crippen molar-refractivity contribution in [2.45, 2.75) is 25.7 Å². The Bertz CT molecular complexity index is 1190. The summed E-state index contributed by atoms with van der Waals surface area (Å²) in [5, 5.41) is 4.19. The van der Waals surface area contributed by atoms with Crippen molar-refractivity contribution >= 4 is 33.5 Å². The van der Waals surface area contributed by atoms with Crippen LogP contribution in [-0.2, 0) is 9.59 Å². The molecule has 0 N–H and O–H groups in total. The highest BCUT2D eigenvalue weighted by atomic mass is 16.5. The van der Waals surface area contributed by atoms with Gasteiger partial charge in [-0.25, -0.2) is 0 Å². The van der Waals surface area contributed by atoms with Gasteiger partial charge in [-0.2, -0.15) is 0 Å². The molecule has 4 heteroatoms. The molecule has 0 bridgehead atoms. The van der Waals surface area contributed by atoms with Gasteiger partial charge in [0.25, 0.3) is 0 Å². The summed E-state index contributed by atoms with van der Waals surface area (Å²) in [6.07, 6.45) is 3.06. The molecule has 4 nitrogen and oxygen atoms in total. The summed E-state index contributed by atoms with van der Waals surface area (Å²) in [5.74, 6) is -0.714. The summed E-state index contributed by atoms with van der Waals surface area (Å²) >= 11 is 0. The molecule has 2 atom stereocenters. The fourth-order valence-corrected chi connectivity index (χ4v) is 4.54. The Kier molecular flexibility index (Phi) is 5.59. The Morgan fingerprint density at radius 1 is 0.562 bits per heavy atom. The maximum Gasteiger partial charge on any atom is 0.315 e. The molecular weight excluding hydrogens is 400 g/mol. The molecule has 4 aromatic carbocycles. The Balaban J connectivity index is 1.31. The number of fused-ring (bicyclic) bond motifs is 2. The minimum Gasteiger partial charge on any atom is -0.426 e. The van der Waals surface area contributed by atoms with Gasteiger partial charge in [-0.1, -0.05) is 73.5 Å². The molecule has 0 amide bonds. The lowest BCUT2D eigenvalue weighted by molar-refractivity contribution is -0.152. The van der Waals surface area contributed by atoms with Crippen LogP contribution in [0.2, 0.25) is 0 Å². The summed E-state index contributed by atoms with van der Waals surface area (Å²) < 4.78 is 11.4. The molecule has 0 radical (unpaired) electrons. The molecule has 0 saturated heterocycles. The number of ether oxygens (including phenoxy) is 2. The minimum absolute atomic E-state index is 0.361. The first-order valence-electron chi connectivity index (χ1n) is 11.1. The van der Waals surface area contributed by atoms with E-state index in [1.807, 2.05) is 72.8 Å². The van der Waals surface area contributed by atoms with E-state index in [9.17, 15) is 9.59 Å². The van der Waals surface area contributed by atoms with E-state index in [0.717, 1.165) is 34.4 Å². The first-order chi connectivity index (χ1) is 15.7. The van der Waals surface area contributed by atoms with Crippen LogP contribution in [0.15, 0.2) is 84.9 Å². The summed E-state index contributed by atoms with van der Waals surface area (Å²) in [5.41, 5.74) is 0. The Morgan fingerprint density at radius 2 is 0.969 bits per heavy atom. The van der Waals surface area contributed by atoms with Crippen LogP contribution < -0.4 is 9.47 Å². The van der Waals surface area contributed by atoms with E-state index >= 15 is 0 Å². The van der Waals surface area contributed by atoms with E-state index in [0.29, 0.717) is 24.3 Å². The van der Waals surface area contributed by atoms with Gasteiger partial charge in [0, 0.05) is 0 Å². The molecular formula is C28H24O4. The zero-order chi connectivity index (χ0) is 21.9. The van der Waals surface area contributed by atoms with Crippen LogP contribution in [-0.4, -0.2) is 11.9 Å². The van der Waals surface area contributed by atoms with Gasteiger partial charge >= 0.3 is 11.9 Å². The molecule has 1 saturated carbocycles. The quantitative estimate of drug-likeness (QED) is 0.285. The lowest BCUT2D eigenvalue weighted by Gasteiger charge is -2.28. The first kappa shape index (κ1) is 20.3. The van der Waals surface area contributed by atoms with Crippen molar-refractivity contribution < 1.29 is 19.1 Å². The fraction of sp³-hybridized carbons (Fsp3) is 0.214. The van der Waals surface area contributed by atoms with E-state index in [-0.39, 0.29) is 11.9 Å². The number of benzene rings is 4. The molecule has 32 heavy (non-hydrogen) atoms. The highest BCUT2D eigenvalue weighted by Gasteiger charge is 2.38. The van der Waals surface area contributed by atoms with Crippen LogP contribution in [0.5, 0.6) is 11.5 Å². The highest BCUT2D eigenvalue weighted by Crippen LogP contribution is 2.33. The minimum atomic E-state index is -0.497. The van der Waals surface area contributed by atoms with Crippen molar-refractivity contribution in [2.24, 2.45) is 11.8 Å². The predicted molar refractivity (Wildman–Crippen MR) is 125 cm³/mol. The molecule has 5 rings (SSSR count). The van der Waals surface area contributed by atoms with Gasteiger partial charge < -0.3 is 9.47 Å². The second kappa shape index (κ2) is 8.83. The number of hydrogen-bond donors (Lipinski definition) is 0. The number of carbonyl (C=O) groups is 2. The Morgan fingerprint density at radius 3 is 1.41 bits per heavy atom. The average Bonchev–Trinajstić information content (AvgIpc) is 2.84. The summed E-state index contributed by atoms with van der Waals surface area (Å²) in [6, 6.07) is 27.0. The van der Waals surface area contributed by atoms with Gasteiger partial charge in [0.15, 0.2) is 0 Å². The van der Waals surface area contributed by atoms with Gasteiger partial charge in [-0.15, -0.1) is 0 Å². The molecule has 0 heterocycles. The smallest absolute Gasteiger partial charge is 0.315 e. The summed E-state index contributed by atoms with van der Waals surface area (Å²) in [7, 11) is 0. The van der Waals surface area contributed by atoms with Crippen LogP contribution in [0.3, 0.4) is 0 Å². The molecule has 4 aromatic rings.